The zero-order valence-electron chi connectivity index (χ0n) is 27.0. The van der Waals surface area contributed by atoms with Gasteiger partial charge in [-0.2, -0.15) is 0 Å². The van der Waals surface area contributed by atoms with Crippen LogP contribution in [0.4, 0.5) is 4.79 Å². The van der Waals surface area contributed by atoms with E-state index in [0.29, 0.717) is 30.8 Å². The molecule has 1 aliphatic carbocycles. The first-order chi connectivity index (χ1) is 18.7. The van der Waals surface area contributed by atoms with Crippen molar-refractivity contribution in [3.8, 4) is 0 Å². The number of likely N-dealkylation sites (N-methyl/N-ethyl adjacent to an activating group) is 1. The molecule has 4 unspecified atom stereocenters. The van der Waals surface area contributed by atoms with Crippen molar-refractivity contribution in [3.05, 3.63) is 0 Å². The number of hydrogen-bond acceptors (Lipinski definition) is 4. The number of ether oxygens (including phenoxy) is 2. The molecule has 1 rings (SSSR count). The summed E-state index contributed by atoms with van der Waals surface area (Å²) in [5, 5.41) is 0. The first-order valence-corrected chi connectivity index (χ1v) is 16.8. The molecule has 5 nitrogen and oxygen atoms in total. The third-order valence-corrected chi connectivity index (χ3v) is 8.68. The minimum Gasteiger partial charge on any atom is -0.464 e. The average molecular weight is 552 g/mol. The van der Waals surface area contributed by atoms with E-state index >= 15 is 0 Å². The number of amides is 1. The first-order valence-electron chi connectivity index (χ1n) is 16.8. The lowest BCUT2D eigenvalue weighted by Crippen LogP contribution is -2.47. The Morgan fingerprint density at radius 1 is 0.795 bits per heavy atom. The molecule has 4 atom stereocenters. The van der Waals surface area contributed by atoms with Crippen LogP contribution in [0.2, 0.25) is 0 Å². The summed E-state index contributed by atoms with van der Waals surface area (Å²) in [4.78, 5) is 27.6. The van der Waals surface area contributed by atoms with Crippen molar-refractivity contribution < 1.29 is 19.1 Å². The summed E-state index contributed by atoms with van der Waals surface area (Å²) in [6, 6.07) is -0.595. The van der Waals surface area contributed by atoms with E-state index in [1.807, 2.05) is 0 Å². The molecule has 230 valence electrons. The van der Waals surface area contributed by atoms with Gasteiger partial charge in [-0.25, -0.2) is 9.59 Å². The molecule has 1 aliphatic rings. The van der Waals surface area contributed by atoms with Crippen LogP contribution < -0.4 is 0 Å². The Balaban J connectivity index is 2.29. The van der Waals surface area contributed by atoms with Gasteiger partial charge in [0.1, 0.15) is 12.1 Å². The van der Waals surface area contributed by atoms with Crippen LogP contribution in [0.5, 0.6) is 0 Å². The highest BCUT2D eigenvalue weighted by Gasteiger charge is 2.36. The summed E-state index contributed by atoms with van der Waals surface area (Å²) >= 11 is 0. The fourth-order valence-corrected chi connectivity index (χ4v) is 6.01. The number of carbonyl (C=O) groups is 2. The van der Waals surface area contributed by atoms with Crippen LogP contribution in [-0.4, -0.2) is 42.8 Å². The van der Waals surface area contributed by atoms with Gasteiger partial charge in [0.15, 0.2) is 0 Å². The van der Waals surface area contributed by atoms with Gasteiger partial charge < -0.3 is 9.47 Å². The van der Waals surface area contributed by atoms with E-state index < -0.39 is 6.04 Å². The maximum absolute atomic E-state index is 13.1. The minimum absolute atomic E-state index is 0.0741. The van der Waals surface area contributed by atoms with Crippen molar-refractivity contribution >= 4 is 12.1 Å². The van der Waals surface area contributed by atoms with E-state index in [2.05, 4.69) is 41.5 Å². The van der Waals surface area contributed by atoms with E-state index in [9.17, 15) is 9.59 Å². The molecule has 0 radical (unpaired) electrons. The summed E-state index contributed by atoms with van der Waals surface area (Å²) in [7, 11) is 1.69. The molecule has 0 heterocycles. The molecule has 0 aromatic rings. The minimum atomic E-state index is -0.595. The Labute approximate surface area is 242 Å². The van der Waals surface area contributed by atoms with E-state index in [0.717, 1.165) is 25.7 Å². The zero-order valence-corrected chi connectivity index (χ0v) is 27.0. The van der Waals surface area contributed by atoms with Gasteiger partial charge in [-0.3, -0.25) is 4.90 Å². The lowest BCUT2D eigenvalue weighted by molar-refractivity contribution is -0.150. The Bertz CT molecular complexity index is 635. The van der Waals surface area contributed by atoms with Crippen LogP contribution in [0.1, 0.15) is 157 Å². The lowest BCUT2D eigenvalue weighted by atomic mass is 9.75. The maximum Gasteiger partial charge on any atom is 0.410 e. The van der Waals surface area contributed by atoms with Crippen LogP contribution in [-0.2, 0) is 14.3 Å². The molecular weight excluding hydrogens is 486 g/mol. The second-order valence-corrected chi connectivity index (χ2v) is 13.3. The molecule has 0 aromatic heterocycles. The van der Waals surface area contributed by atoms with E-state index in [4.69, 9.17) is 9.47 Å². The predicted octanol–water partition coefficient (Wildman–Crippen LogP) is 9.95. The molecule has 0 saturated heterocycles. The number of esters is 1. The van der Waals surface area contributed by atoms with Crippen molar-refractivity contribution in [2.75, 3.05) is 13.7 Å². The van der Waals surface area contributed by atoms with Gasteiger partial charge in [-0.1, -0.05) is 131 Å². The third-order valence-electron chi connectivity index (χ3n) is 8.68. The van der Waals surface area contributed by atoms with Crippen LogP contribution in [0, 0.1) is 23.7 Å². The van der Waals surface area contributed by atoms with Gasteiger partial charge in [0.2, 0.25) is 0 Å². The van der Waals surface area contributed by atoms with Gasteiger partial charge in [-0.15, -0.1) is 0 Å². The first kappa shape index (κ1) is 35.8. The monoisotopic (exact) mass is 551 g/mol. The Hall–Kier alpha value is -1.26. The van der Waals surface area contributed by atoms with Crippen molar-refractivity contribution in [3.63, 3.8) is 0 Å². The molecule has 39 heavy (non-hydrogen) atoms. The van der Waals surface area contributed by atoms with Gasteiger partial charge in [0, 0.05) is 7.05 Å². The smallest absolute Gasteiger partial charge is 0.410 e. The number of nitrogens with zero attached hydrogens (tertiary/aromatic N) is 1. The van der Waals surface area contributed by atoms with Crippen LogP contribution in [0.25, 0.3) is 0 Å². The van der Waals surface area contributed by atoms with Crippen molar-refractivity contribution in [1.29, 1.82) is 0 Å². The highest BCUT2D eigenvalue weighted by Crippen LogP contribution is 2.35. The quantitative estimate of drug-likeness (QED) is 0.105. The normalized spacial score (nSPS) is 20.3. The SMILES string of the molecule is CCCCCCCCCCCCCCCCOC(=O)C(CC(C)C)N(C)C(=O)OC1CC(C)CCC1C(C)C. The lowest BCUT2D eigenvalue weighted by Gasteiger charge is -2.38. The molecular formula is C34H65NO4. The highest BCUT2D eigenvalue weighted by molar-refractivity contribution is 5.81. The molecule has 1 fully saturated rings. The van der Waals surface area contributed by atoms with E-state index in [1.165, 1.54) is 88.4 Å². The Morgan fingerprint density at radius 2 is 1.31 bits per heavy atom. The highest BCUT2D eigenvalue weighted by atomic mass is 16.6. The fraction of sp³-hybridized carbons (Fsp3) is 0.941. The number of unbranched alkanes of at least 4 members (excludes halogenated alkanes) is 13. The van der Waals surface area contributed by atoms with Crippen molar-refractivity contribution in [1.82, 2.24) is 4.90 Å². The summed E-state index contributed by atoms with van der Waals surface area (Å²) in [6.45, 7) is 13.5. The summed E-state index contributed by atoms with van der Waals surface area (Å²) in [5.41, 5.74) is 0. The van der Waals surface area contributed by atoms with Gasteiger partial charge in [0.25, 0.3) is 0 Å². The summed E-state index contributed by atoms with van der Waals surface area (Å²) < 4.78 is 11.7. The standard InChI is InChI=1S/C34H65NO4/c1-8-9-10-11-12-13-14-15-16-17-18-19-20-21-24-38-33(36)31(25-27(2)3)35(7)34(37)39-32-26-29(6)22-23-30(32)28(4)5/h27-32H,8-26H2,1-7H3. The largest absolute Gasteiger partial charge is 0.464 e. The van der Waals surface area contributed by atoms with Crippen LogP contribution in [0.15, 0.2) is 0 Å². The number of hydrogen-bond donors (Lipinski definition) is 0. The van der Waals surface area contributed by atoms with E-state index in [1.54, 1.807) is 7.05 Å². The van der Waals surface area contributed by atoms with Crippen LogP contribution in [0.3, 0.4) is 0 Å². The molecule has 0 aromatic carbocycles. The van der Waals surface area contributed by atoms with Gasteiger partial charge >= 0.3 is 12.1 Å². The Morgan fingerprint density at radius 3 is 1.79 bits per heavy atom. The maximum atomic E-state index is 13.1. The second-order valence-electron chi connectivity index (χ2n) is 13.3. The van der Waals surface area contributed by atoms with Gasteiger partial charge in [-0.05, 0) is 49.4 Å². The molecule has 5 heteroatoms. The zero-order chi connectivity index (χ0) is 29.0. The fourth-order valence-electron chi connectivity index (χ4n) is 6.01. The van der Waals surface area contributed by atoms with Crippen molar-refractivity contribution in [2.24, 2.45) is 23.7 Å². The summed E-state index contributed by atoms with van der Waals surface area (Å²) in [5.74, 6) is 1.40. The molecule has 0 spiro atoms. The number of carbonyl (C=O) groups excluding carboxylic acids is 2. The van der Waals surface area contributed by atoms with Gasteiger partial charge in [0.05, 0.1) is 6.61 Å². The predicted molar refractivity (Wildman–Crippen MR) is 164 cm³/mol. The Kier molecular flexibility index (Phi) is 19.7. The average Bonchev–Trinajstić information content (AvgIpc) is 2.88. The third kappa shape index (κ3) is 15.9. The molecule has 1 amide bonds. The van der Waals surface area contributed by atoms with E-state index in [-0.39, 0.29) is 24.1 Å². The number of rotatable bonds is 21. The van der Waals surface area contributed by atoms with Crippen molar-refractivity contribution in [2.45, 2.75) is 169 Å². The van der Waals surface area contributed by atoms with Crippen LogP contribution >= 0.6 is 0 Å². The topological polar surface area (TPSA) is 55.8 Å². The molecule has 0 bridgehead atoms. The summed E-state index contributed by atoms with van der Waals surface area (Å²) in [6.07, 6.45) is 21.5. The molecule has 0 N–H and O–H groups in total. The molecule has 1 saturated carbocycles. The second kappa shape index (κ2) is 21.5. The molecule has 0 aliphatic heterocycles.